The molecule has 0 fully saturated rings. The predicted octanol–water partition coefficient (Wildman–Crippen LogP) is 3.73. The zero-order valence-electron chi connectivity index (χ0n) is 14.0. The molecule has 28 heavy (non-hydrogen) atoms. The van der Waals surface area contributed by atoms with Crippen LogP contribution in [0.4, 0.5) is 15.8 Å². The lowest BCUT2D eigenvalue weighted by Crippen LogP contribution is -2.21. The Labute approximate surface area is 162 Å². The van der Waals surface area contributed by atoms with Crippen molar-refractivity contribution >= 4 is 45.8 Å². The van der Waals surface area contributed by atoms with Crippen molar-refractivity contribution in [1.82, 2.24) is 4.98 Å². The number of amides is 1. The number of nitrogens with zero attached hydrogens (tertiary/aromatic N) is 2. The average molecular weight is 404 g/mol. The summed E-state index contributed by atoms with van der Waals surface area (Å²) in [4.78, 5) is 37.9. The summed E-state index contributed by atoms with van der Waals surface area (Å²) in [7, 11) is 0. The molecule has 1 aromatic heterocycles. The van der Waals surface area contributed by atoms with Gasteiger partial charge in [-0.3, -0.25) is 14.9 Å². The number of carbonyl (C=O) groups excluding carboxylic acids is 2. The van der Waals surface area contributed by atoms with Gasteiger partial charge in [-0.25, -0.2) is 9.78 Å². The zero-order chi connectivity index (χ0) is 20.3. The smallest absolute Gasteiger partial charge is 0.338 e. The van der Waals surface area contributed by atoms with Gasteiger partial charge in [0.25, 0.3) is 5.91 Å². The van der Waals surface area contributed by atoms with Crippen LogP contribution in [-0.4, -0.2) is 28.4 Å². The fourth-order valence-electron chi connectivity index (χ4n) is 2.37. The number of carbonyl (C=O) groups is 2. The second-order valence-corrected chi connectivity index (χ2v) is 5.98. The van der Waals surface area contributed by atoms with E-state index in [-0.39, 0.29) is 11.3 Å². The number of nitro groups is 1. The SMILES string of the molecule is O=C(COC(=O)c1ccc2nc(Cl)ccc2c1)Nc1ccc(F)c([N+](=O)[O-])c1. The zero-order valence-corrected chi connectivity index (χ0v) is 14.8. The highest BCUT2D eigenvalue weighted by Crippen LogP contribution is 2.21. The van der Waals surface area contributed by atoms with Gasteiger partial charge in [-0.05, 0) is 42.5 Å². The highest BCUT2D eigenvalue weighted by molar-refractivity contribution is 6.29. The minimum absolute atomic E-state index is 0.00260. The average Bonchev–Trinajstić information content (AvgIpc) is 2.67. The van der Waals surface area contributed by atoms with Crippen LogP contribution in [0.25, 0.3) is 10.9 Å². The maximum Gasteiger partial charge on any atom is 0.338 e. The van der Waals surface area contributed by atoms with Crippen molar-refractivity contribution in [3.05, 3.63) is 75.2 Å². The van der Waals surface area contributed by atoms with Crippen LogP contribution >= 0.6 is 11.6 Å². The molecule has 0 saturated carbocycles. The van der Waals surface area contributed by atoms with Gasteiger partial charge in [0.2, 0.25) is 5.82 Å². The van der Waals surface area contributed by atoms with E-state index in [0.717, 1.165) is 18.2 Å². The van der Waals surface area contributed by atoms with Gasteiger partial charge in [0.05, 0.1) is 16.0 Å². The molecule has 0 radical (unpaired) electrons. The standard InChI is InChI=1S/C18H11ClFN3O5/c19-16-6-2-10-7-11(1-5-14(10)22-16)18(25)28-9-17(24)21-12-3-4-13(20)15(8-12)23(26)27/h1-8H,9H2,(H,21,24). The Kier molecular flexibility index (Phi) is 5.46. The second-order valence-electron chi connectivity index (χ2n) is 5.59. The van der Waals surface area contributed by atoms with Crippen molar-refractivity contribution in [2.45, 2.75) is 0 Å². The van der Waals surface area contributed by atoms with E-state index in [1.54, 1.807) is 24.3 Å². The number of benzene rings is 2. The van der Waals surface area contributed by atoms with Crippen molar-refractivity contribution in [2.24, 2.45) is 0 Å². The summed E-state index contributed by atoms with van der Waals surface area (Å²) in [5.41, 5.74) is 0.0315. The molecule has 1 N–H and O–H groups in total. The molecule has 10 heteroatoms. The summed E-state index contributed by atoms with van der Waals surface area (Å²) in [5.74, 6) is -2.50. The maximum atomic E-state index is 13.3. The van der Waals surface area contributed by atoms with Crippen molar-refractivity contribution in [2.75, 3.05) is 11.9 Å². The number of aromatic nitrogens is 1. The molecule has 3 aromatic rings. The first-order chi connectivity index (χ1) is 13.3. The Morgan fingerprint density at radius 2 is 1.96 bits per heavy atom. The molecule has 0 bridgehead atoms. The molecule has 0 aliphatic rings. The lowest BCUT2D eigenvalue weighted by Gasteiger charge is -2.07. The lowest BCUT2D eigenvalue weighted by molar-refractivity contribution is -0.387. The number of hydrogen-bond acceptors (Lipinski definition) is 6. The molecule has 0 aliphatic carbocycles. The van der Waals surface area contributed by atoms with Gasteiger partial charge < -0.3 is 10.1 Å². The molecule has 0 unspecified atom stereocenters. The maximum absolute atomic E-state index is 13.3. The van der Waals surface area contributed by atoms with Crippen LogP contribution < -0.4 is 5.32 Å². The van der Waals surface area contributed by atoms with Crippen molar-refractivity contribution in [1.29, 1.82) is 0 Å². The topological polar surface area (TPSA) is 111 Å². The lowest BCUT2D eigenvalue weighted by atomic mass is 10.1. The molecule has 142 valence electrons. The fourth-order valence-corrected chi connectivity index (χ4v) is 2.52. The number of hydrogen-bond donors (Lipinski definition) is 1. The predicted molar refractivity (Wildman–Crippen MR) is 98.7 cm³/mol. The quantitative estimate of drug-likeness (QED) is 0.300. The summed E-state index contributed by atoms with van der Waals surface area (Å²) in [6, 6.07) is 10.8. The number of anilines is 1. The largest absolute Gasteiger partial charge is 0.452 e. The van der Waals surface area contributed by atoms with Crippen LogP contribution in [0.2, 0.25) is 5.15 Å². The van der Waals surface area contributed by atoms with E-state index in [1.165, 1.54) is 6.07 Å². The summed E-state index contributed by atoms with van der Waals surface area (Å²) in [6.45, 7) is -0.624. The number of nitrogens with one attached hydrogen (secondary N) is 1. The molecular formula is C18H11ClFN3O5. The van der Waals surface area contributed by atoms with E-state index >= 15 is 0 Å². The van der Waals surface area contributed by atoms with Gasteiger partial charge in [0.15, 0.2) is 6.61 Å². The Balaban J connectivity index is 1.63. The van der Waals surface area contributed by atoms with Crippen LogP contribution in [0.15, 0.2) is 48.5 Å². The van der Waals surface area contributed by atoms with Gasteiger partial charge in [-0.2, -0.15) is 4.39 Å². The van der Waals surface area contributed by atoms with Gasteiger partial charge in [0, 0.05) is 17.1 Å². The van der Waals surface area contributed by atoms with Crippen molar-refractivity contribution < 1.29 is 23.6 Å². The van der Waals surface area contributed by atoms with E-state index in [0.29, 0.717) is 16.1 Å². The van der Waals surface area contributed by atoms with Crippen LogP contribution in [-0.2, 0) is 9.53 Å². The molecule has 0 aliphatic heterocycles. The second kappa shape index (κ2) is 7.97. The summed E-state index contributed by atoms with van der Waals surface area (Å²) >= 11 is 5.80. The highest BCUT2D eigenvalue weighted by Gasteiger charge is 2.16. The normalized spacial score (nSPS) is 10.5. The van der Waals surface area contributed by atoms with E-state index in [2.05, 4.69) is 10.3 Å². The number of fused-ring (bicyclic) bond motifs is 1. The number of ether oxygens (including phenoxy) is 1. The van der Waals surface area contributed by atoms with Gasteiger partial charge in [0.1, 0.15) is 5.15 Å². The van der Waals surface area contributed by atoms with Crippen molar-refractivity contribution in [3.8, 4) is 0 Å². The van der Waals surface area contributed by atoms with Crippen LogP contribution in [0.3, 0.4) is 0 Å². The van der Waals surface area contributed by atoms with Crippen LogP contribution in [0.5, 0.6) is 0 Å². The van der Waals surface area contributed by atoms with Gasteiger partial charge in [-0.15, -0.1) is 0 Å². The third kappa shape index (κ3) is 4.38. The Morgan fingerprint density at radius 3 is 2.71 bits per heavy atom. The van der Waals surface area contributed by atoms with Crippen LogP contribution in [0, 0.1) is 15.9 Å². The number of halogens is 2. The Morgan fingerprint density at radius 1 is 1.18 bits per heavy atom. The first kappa shape index (κ1) is 19.2. The van der Waals surface area contributed by atoms with Crippen molar-refractivity contribution in [3.63, 3.8) is 0 Å². The number of rotatable bonds is 5. The minimum atomic E-state index is -1.03. The highest BCUT2D eigenvalue weighted by atomic mass is 35.5. The number of esters is 1. The van der Waals surface area contributed by atoms with Crippen LogP contribution in [0.1, 0.15) is 10.4 Å². The van der Waals surface area contributed by atoms with E-state index in [9.17, 15) is 24.1 Å². The summed E-state index contributed by atoms with van der Waals surface area (Å²) in [5, 5.41) is 14.0. The van der Waals surface area contributed by atoms with E-state index in [1.807, 2.05) is 0 Å². The van der Waals surface area contributed by atoms with E-state index in [4.69, 9.17) is 16.3 Å². The third-order valence-corrected chi connectivity index (χ3v) is 3.86. The summed E-state index contributed by atoms with van der Waals surface area (Å²) < 4.78 is 18.2. The van der Waals surface area contributed by atoms with Gasteiger partial charge >= 0.3 is 11.7 Å². The first-order valence-corrected chi connectivity index (χ1v) is 8.18. The number of pyridine rings is 1. The monoisotopic (exact) mass is 403 g/mol. The third-order valence-electron chi connectivity index (χ3n) is 3.65. The molecule has 0 atom stereocenters. The molecule has 0 saturated heterocycles. The number of nitro benzene ring substituents is 1. The molecule has 3 rings (SSSR count). The summed E-state index contributed by atoms with van der Waals surface area (Å²) in [6.07, 6.45) is 0. The molecule has 2 aromatic carbocycles. The Bertz CT molecular complexity index is 1110. The fraction of sp³-hybridized carbons (Fsp3) is 0.0556. The minimum Gasteiger partial charge on any atom is -0.452 e. The first-order valence-electron chi connectivity index (χ1n) is 7.81. The van der Waals surface area contributed by atoms with Gasteiger partial charge in [-0.1, -0.05) is 11.6 Å². The molecule has 8 nitrogen and oxygen atoms in total. The molecular weight excluding hydrogens is 393 g/mol. The molecule has 0 spiro atoms. The molecule has 1 heterocycles. The Hall–Kier alpha value is -3.59. The molecule has 1 amide bonds. The van der Waals surface area contributed by atoms with E-state index < -0.39 is 34.9 Å².